The molecule has 3 heteroatoms. The predicted molar refractivity (Wildman–Crippen MR) is 69.0 cm³/mol. The van der Waals surface area contributed by atoms with Gasteiger partial charge < -0.3 is 10.1 Å². The molecule has 0 amide bonds. The van der Waals surface area contributed by atoms with Crippen LogP contribution in [0.1, 0.15) is 36.1 Å². The standard InChI is InChI=1S/C13H21NOS/c1-11-6-9-16-13(11)10-14-7-5-12-4-2-3-8-15-12/h6,9,12,14H,2-5,7-8,10H2,1H3. The molecule has 16 heavy (non-hydrogen) atoms. The molecule has 1 aromatic heterocycles. The van der Waals surface area contributed by atoms with E-state index in [4.69, 9.17) is 4.74 Å². The van der Waals surface area contributed by atoms with Crippen molar-refractivity contribution in [2.75, 3.05) is 13.2 Å². The molecule has 1 aromatic rings. The summed E-state index contributed by atoms with van der Waals surface area (Å²) >= 11 is 1.84. The monoisotopic (exact) mass is 239 g/mol. The van der Waals surface area contributed by atoms with E-state index in [0.717, 1.165) is 26.1 Å². The molecule has 0 spiro atoms. The molecule has 2 nitrogen and oxygen atoms in total. The summed E-state index contributed by atoms with van der Waals surface area (Å²) in [5, 5.41) is 5.67. The van der Waals surface area contributed by atoms with Crippen molar-refractivity contribution in [3.05, 3.63) is 21.9 Å². The van der Waals surface area contributed by atoms with Crippen molar-refractivity contribution >= 4 is 11.3 Å². The van der Waals surface area contributed by atoms with Gasteiger partial charge in [0.2, 0.25) is 0 Å². The highest BCUT2D eigenvalue weighted by Gasteiger charge is 2.12. The number of rotatable bonds is 5. The van der Waals surface area contributed by atoms with Crippen LogP contribution in [0.15, 0.2) is 11.4 Å². The van der Waals surface area contributed by atoms with Crippen LogP contribution in [0.5, 0.6) is 0 Å². The van der Waals surface area contributed by atoms with Crippen molar-refractivity contribution in [2.45, 2.75) is 45.3 Å². The van der Waals surface area contributed by atoms with E-state index in [2.05, 4.69) is 23.7 Å². The molecule has 1 atom stereocenters. The van der Waals surface area contributed by atoms with E-state index in [9.17, 15) is 0 Å². The van der Waals surface area contributed by atoms with Crippen molar-refractivity contribution < 1.29 is 4.74 Å². The number of ether oxygens (including phenoxy) is 1. The second kappa shape index (κ2) is 6.38. The summed E-state index contributed by atoms with van der Waals surface area (Å²) < 4.78 is 5.70. The molecule has 1 aliphatic heterocycles. The van der Waals surface area contributed by atoms with Crippen LogP contribution in [-0.2, 0) is 11.3 Å². The minimum atomic E-state index is 0.505. The molecule has 1 unspecified atom stereocenters. The quantitative estimate of drug-likeness (QED) is 0.797. The average Bonchev–Trinajstić information content (AvgIpc) is 2.72. The highest BCUT2D eigenvalue weighted by molar-refractivity contribution is 7.10. The van der Waals surface area contributed by atoms with Crippen molar-refractivity contribution in [1.29, 1.82) is 0 Å². The number of hydrogen-bond acceptors (Lipinski definition) is 3. The van der Waals surface area contributed by atoms with Crippen molar-refractivity contribution in [3.63, 3.8) is 0 Å². The summed E-state index contributed by atoms with van der Waals surface area (Å²) in [6.45, 7) is 5.23. The fourth-order valence-electron chi connectivity index (χ4n) is 2.09. The lowest BCUT2D eigenvalue weighted by atomic mass is 10.1. The summed E-state index contributed by atoms with van der Waals surface area (Å²) in [4.78, 5) is 1.46. The number of hydrogen-bond donors (Lipinski definition) is 1. The highest BCUT2D eigenvalue weighted by atomic mass is 32.1. The molecular weight excluding hydrogens is 218 g/mol. The average molecular weight is 239 g/mol. The second-order valence-electron chi connectivity index (χ2n) is 4.48. The van der Waals surface area contributed by atoms with Gasteiger partial charge >= 0.3 is 0 Å². The Morgan fingerprint density at radius 3 is 3.12 bits per heavy atom. The van der Waals surface area contributed by atoms with Crippen LogP contribution in [0, 0.1) is 6.92 Å². The van der Waals surface area contributed by atoms with Gasteiger partial charge in [0.15, 0.2) is 0 Å². The fourth-order valence-corrected chi connectivity index (χ4v) is 2.96. The number of nitrogens with one attached hydrogen (secondary N) is 1. The molecule has 1 saturated heterocycles. The van der Waals surface area contributed by atoms with E-state index in [1.807, 2.05) is 11.3 Å². The Balaban J connectivity index is 1.59. The van der Waals surface area contributed by atoms with E-state index in [1.54, 1.807) is 0 Å². The van der Waals surface area contributed by atoms with Gasteiger partial charge in [0.05, 0.1) is 6.10 Å². The van der Waals surface area contributed by atoms with Crippen LogP contribution in [0.25, 0.3) is 0 Å². The zero-order valence-corrected chi connectivity index (χ0v) is 10.8. The molecule has 0 aromatic carbocycles. The summed E-state index contributed by atoms with van der Waals surface area (Å²) in [5.74, 6) is 0. The third-order valence-electron chi connectivity index (χ3n) is 3.17. The minimum absolute atomic E-state index is 0.505. The summed E-state index contributed by atoms with van der Waals surface area (Å²) in [6.07, 6.45) is 5.50. The first-order valence-electron chi connectivity index (χ1n) is 6.21. The smallest absolute Gasteiger partial charge is 0.0587 e. The normalized spacial score (nSPS) is 21.2. The first-order valence-corrected chi connectivity index (χ1v) is 7.09. The molecule has 2 rings (SSSR count). The summed E-state index contributed by atoms with van der Waals surface area (Å²) in [7, 11) is 0. The molecule has 0 aliphatic carbocycles. The molecule has 2 heterocycles. The van der Waals surface area contributed by atoms with Gasteiger partial charge in [0.25, 0.3) is 0 Å². The molecule has 90 valence electrons. The predicted octanol–water partition coefficient (Wildman–Crippen LogP) is 3.11. The molecule has 0 bridgehead atoms. The molecule has 1 aliphatic rings. The van der Waals surface area contributed by atoms with Gasteiger partial charge in [-0.3, -0.25) is 0 Å². The van der Waals surface area contributed by atoms with Crippen LogP contribution < -0.4 is 5.32 Å². The number of thiophene rings is 1. The van der Waals surface area contributed by atoms with Crippen LogP contribution in [0.4, 0.5) is 0 Å². The Bertz CT molecular complexity index is 305. The van der Waals surface area contributed by atoms with E-state index in [-0.39, 0.29) is 0 Å². The van der Waals surface area contributed by atoms with Crippen molar-refractivity contribution in [1.82, 2.24) is 5.32 Å². The Kier molecular flexibility index (Phi) is 4.82. The minimum Gasteiger partial charge on any atom is -0.378 e. The number of aryl methyl sites for hydroxylation is 1. The maximum absolute atomic E-state index is 5.70. The molecule has 0 saturated carbocycles. The zero-order chi connectivity index (χ0) is 11.2. The molecular formula is C13H21NOS. The zero-order valence-electron chi connectivity index (χ0n) is 10.00. The molecule has 0 radical (unpaired) electrons. The first kappa shape index (κ1) is 12.1. The van der Waals surface area contributed by atoms with Crippen molar-refractivity contribution in [3.8, 4) is 0 Å². The van der Waals surface area contributed by atoms with E-state index in [0.29, 0.717) is 6.10 Å². The lowest BCUT2D eigenvalue weighted by Crippen LogP contribution is -2.25. The van der Waals surface area contributed by atoms with Gasteiger partial charge in [-0.2, -0.15) is 0 Å². The topological polar surface area (TPSA) is 21.3 Å². The van der Waals surface area contributed by atoms with Crippen LogP contribution in [0.3, 0.4) is 0 Å². The van der Waals surface area contributed by atoms with E-state index in [1.165, 1.54) is 29.7 Å². The van der Waals surface area contributed by atoms with Gasteiger partial charge in [-0.15, -0.1) is 11.3 Å². The highest BCUT2D eigenvalue weighted by Crippen LogP contribution is 2.16. The summed E-state index contributed by atoms with van der Waals surface area (Å²) in [6, 6.07) is 2.19. The third kappa shape index (κ3) is 3.58. The SMILES string of the molecule is Cc1ccsc1CNCCC1CCCCO1. The maximum Gasteiger partial charge on any atom is 0.0587 e. The maximum atomic E-state index is 5.70. The molecule has 1 fully saturated rings. The van der Waals surface area contributed by atoms with Gasteiger partial charge in [-0.1, -0.05) is 0 Å². The Labute approximate surface area is 102 Å². The lowest BCUT2D eigenvalue weighted by Gasteiger charge is -2.22. The van der Waals surface area contributed by atoms with Crippen LogP contribution >= 0.6 is 11.3 Å². The Morgan fingerprint density at radius 2 is 2.44 bits per heavy atom. The van der Waals surface area contributed by atoms with Crippen molar-refractivity contribution in [2.24, 2.45) is 0 Å². The van der Waals surface area contributed by atoms with Gasteiger partial charge in [0, 0.05) is 18.0 Å². The second-order valence-corrected chi connectivity index (χ2v) is 5.48. The third-order valence-corrected chi connectivity index (χ3v) is 4.19. The van der Waals surface area contributed by atoms with Gasteiger partial charge in [0.1, 0.15) is 0 Å². The van der Waals surface area contributed by atoms with Gasteiger partial charge in [-0.05, 0) is 56.2 Å². The van der Waals surface area contributed by atoms with E-state index < -0.39 is 0 Å². The molecule has 1 N–H and O–H groups in total. The van der Waals surface area contributed by atoms with Crippen LogP contribution in [-0.4, -0.2) is 19.3 Å². The Morgan fingerprint density at radius 1 is 1.50 bits per heavy atom. The van der Waals surface area contributed by atoms with Gasteiger partial charge in [-0.25, -0.2) is 0 Å². The van der Waals surface area contributed by atoms with E-state index >= 15 is 0 Å². The lowest BCUT2D eigenvalue weighted by molar-refractivity contribution is 0.0115. The first-order chi connectivity index (χ1) is 7.86. The fraction of sp³-hybridized carbons (Fsp3) is 0.692. The summed E-state index contributed by atoms with van der Waals surface area (Å²) in [5.41, 5.74) is 1.41. The Hall–Kier alpha value is -0.380. The van der Waals surface area contributed by atoms with Crippen LogP contribution in [0.2, 0.25) is 0 Å². The largest absolute Gasteiger partial charge is 0.378 e.